The lowest BCUT2D eigenvalue weighted by atomic mass is 9.47. The molecule has 0 amide bonds. The second-order valence-electron chi connectivity index (χ2n) is 9.91. The van der Waals surface area contributed by atoms with Crippen molar-refractivity contribution in [3.63, 3.8) is 0 Å². The van der Waals surface area contributed by atoms with Gasteiger partial charge in [-0.2, -0.15) is 0 Å². The van der Waals surface area contributed by atoms with E-state index < -0.39 is 0 Å². The molecule has 0 aromatic rings. The van der Waals surface area contributed by atoms with E-state index in [1.807, 2.05) is 13.0 Å². The number of hydrogen-bond acceptors (Lipinski definition) is 2. The molecule has 0 bridgehead atoms. The number of carbonyl (C=O) groups excluding carboxylic acids is 1. The summed E-state index contributed by atoms with van der Waals surface area (Å²) in [7, 11) is 0. The minimum atomic E-state index is -0.102. The molecule has 0 unspecified atom stereocenters. The van der Waals surface area contributed by atoms with Crippen molar-refractivity contribution >= 4 is 5.78 Å². The first-order chi connectivity index (χ1) is 13.0. The van der Waals surface area contributed by atoms with Crippen LogP contribution in [0.5, 0.6) is 0 Å². The summed E-state index contributed by atoms with van der Waals surface area (Å²) in [5, 5.41) is 0. The summed E-state index contributed by atoms with van der Waals surface area (Å²) in [6, 6.07) is 0. The van der Waals surface area contributed by atoms with Crippen molar-refractivity contribution in [2.45, 2.75) is 70.8 Å². The summed E-state index contributed by atoms with van der Waals surface area (Å²) < 4.78 is 6.51. The Morgan fingerprint density at radius 3 is 2.81 bits per heavy atom. The van der Waals surface area contributed by atoms with Crippen LogP contribution in [0.25, 0.3) is 0 Å². The van der Waals surface area contributed by atoms with Crippen LogP contribution in [0.4, 0.5) is 0 Å². The SMILES string of the molecule is C=C1CCO[C@]12CC[C@H]1[C@@H]3CCC4=CC(=O)CC[C@@H]4[C@H]3[C@@H](C#CC)C[C@@]12C. The van der Waals surface area contributed by atoms with Crippen molar-refractivity contribution in [1.29, 1.82) is 0 Å². The van der Waals surface area contributed by atoms with E-state index in [2.05, 4.69) is 25.3 Å². The fourth-order valence-corrected chi connectivity index (χ4v) is 8.10. The molecule has 144 valence electrons. The molecule has 5 aliphatic rings. The fourth-order valence-electron chi connectivity index (χ4n) is 8.10. The van der Waals surface area contributed by atoms with Gasteiger partial charge < -0.3 is 4.74 Å². The highest BCUT2D eigenvalue weighted by Gasteiger charge is 2.67. The van der Waals surface area contributed by atoms with Gasteiger partial charge in [0.25, 0.3) is 0 Å². The predicted octanol–water partition coefficient (Wildman–Crippen LogP) is 5.09. The van der Waals surface area contributed by atoms with Crippen molar-refractivity contribution in [2.24, 2.45) is 35.0 Å². The van der Waals surface area contributed by atoms with E-state index in [1.165, 1.54) is 24.0 Å². The number of ketones is 1. The van der Waals surface area contributed by atoms with Gasteiger partial charge >= 0.3 is 0 Å². The van der Waals surface area contributed by atoms with E-state index in [-0.39, 0.29) is 11.0 Å². The standard InChI is InChI=1S/C25H32O2/c1-4-5-18-15-24(3)22(10-12-25(24)16(2)11-13-27-25)21-8-6-17-14-19(26)7-9-20(17)23(18)21/h14,18,20-23H,2,6-13,15H2,1,3H3/t18-,20-,21-,22-,23+,24-,25+/m0/s1. The van der Waals surface area contributed by atoms with Gasteiger partial charge in [-0.1, -0.05) is 25.0 Å². The highest BCUT2D eigenvalue weighted by Crippen LogP contribution is 2.69. The Kier molecular flexibility index (Phi) is 4.00. The van der Waals surface area contributed by atoms with Crippen LogP contribution in [-0.2, 0) is 9.53 Å². The number of ether oxygens (including phenoxy) is 1. The quantitative estimate of drug-likeness (QED) is 0.442. The molecule has 4 aliphatic carbocycles. The van der Waals surface area contributed by atoms with E-state index in [4.69, 9.17) is 4.74 Å². The van der Waals surface area contributed by atoms with Crippen LogP contribution in [0.1, 0.15) is 65.2 Å². The topological polar surface area (TPSA) is 26.3 Å². The zero-order chi connectivity index (χ0) is 18.8. The molecule has 2 heteroatoms. The van der Waals surface area contributed by atoms with Crippen molar-refractivity contribution < 1.29 is 9.53 Å². The van der Waals surface area contributed by atoms with E-state index in [0.29, 0.717) is 29.5 Å². The molecule has 1 saturated heterocycles. The number of fused-ring (bicyclic) bond motifs is 6. The van der Waals surface area contributed by atoms with E-state index in [0.717, 1.165) is 51.0 Å². The lowest BCUT2D eigenvalue weighted by molar-refractivity contribution is -0.125. The third kappa shape index (κ3) is 2.27. The van der Waals surface area contributed by atoms with Crippen LogP contribution in [0.3, 0.4) is 0 Å². The van der Waals surface area contributed by atoms with Crippen molar-refractivity contribution in [2.75, 3.05) is 6.61 Å². The average Bonchev–Trinajstić information content (AvgIpc) is 3.16. The molecule has 0 radical (unpaired) electrons. The summed E-state index contributed by atoms with van der Waals surface area (Å²) in [5.41, 5.74) is 2.85. The molecule has 0 aromatic carbocycles. The zero-order valence-electron chi connectivity index (χ0n) is 16.9. The van der Waals surface area contributed by atoms with Gasteiger partial charge in [-0.25, -0.2) is 0 Å². The molecular formula is C25H32O2. The van der Waals surface area contributed by atoms with Crippen molar-refractivity contribution in [3.05, 3.63) is 23.8 Å². The largest absolute Gasteiger partial charge is 0.370 e. The minimum Gasteiger partial charge on any atom is -0.370 e. The zero-order valence-corrected chi connectivity index (χ0v) is 16.9. The molecular weight excluding hydrogens is 332 g/mol. The van der Waals surface area contributed by atoms with Gasteiger partial charge in [0.1, 0.15) is 0 Å². The molecule has 0 aromatic heterocycles. The number of allylic oxidation sites excluding steroid dienone is 1. The Morgan fingerprint density at radius 2 is 2.07 bits per heavy atom. The summed E-state index contributed by atoms with van der Waals surface area (Å²) in [4.78, 5) is 12.0. The van der Waals surface area contributed by atoms with Gasteiger partial charge in [-0.15, -0.1) is 5.92 Å². The Bertz CT molecular complexity index is 780. The summed E-state index contributed by atoms with van der Waals surface area (Å²) >= 11 is 0. The van der Waals surface area contributed by atoms with Crippen LogP contribution in [0, 0.1) is 46.8 Å². The van der Waals surface area contributed by atoms with Gasteiger partial charge in [0.15, 0.2) is 5.78 Å². The Labute approximate surface area is 163 Å². The van der Waals surface area contributed by atoms with Gasteiger partial charge in [0, 0.05) is 17.8 Å². The van der Waals surface area contributed by atoms with Crippen LogP contribution >= 0.6 is 0 Å². The van der Waals surface area contributed by atoms with Gasteiger partial charge in [-0.3, -0.25) is 4.79 Å². The normalized spacial score (nSPS) is 48.4. The number of hydrogen-bond donors (Lipinski definition) is 0. The highest BCUT2D eigenvalue weighted by molar-refractivity contribution is 5.91. The maximum Gasteiger partial charge on any atom is 0.155 e. The number of carbonyl (C=O) groups is 1. The molecule has 0 N–H and O–H groups in total. The Morgan fingerprint density at radius 1 is 1.22 bits per heavy atom. The van der Waals surface area contributed by atoms with Gasteiger partial charge in [0.05, 0.1) is 12.2 Å². The lowest BCUT2D eigenvalue weighted by Crippen LogP contribution is -2.55. The van der Waals surface area contributed by atoms with E-state index in [1.54, 1.807) is 0 Å². The maximum absolute atomic E-state index is 12.0. The monoisotopic (exact) mass is 364 g/mol. The molecule has 2 nitrogen and oxygen atoms in total. The summed E-state index contributed by atoms with van der Waals surface area (Å²) in [6.07, 6.45) is 10.7. The maximum atomic E-state index is 12.0. The van der Waals surface area contributed by atoms with Crippen LogP contribution in [-0.4, -0.2) is 18.0 Å². The van der Waals surface area contributed by atoms with Crippen LogP contribution < -0.4 is 0 Å². The minimum absolute atomic E-state index is 0.102. The lowest BCUT2D eigenvalue weighted by Gasteiger charge is -2.58. The average molecular weight is 365 g/mol. The number of rotatable bonds is 0. The molecule has 4 fully saturated rings. The van der Waals surface area contributed by atoms with E-state index >= 15 is 0 Å². The summed E-state index contributed by atoms with van der Waals surface area (Å²) in [5.74, 6) is 10.3. The highest BCUT2D eigenvalue weighted by atomic mass is 16.5. The van der Waals surface area contributed by atoms with Gasteiger partial charge in [-0.05, 0) is 87.2 Å². The first-order valence-corrected chi connectivity index (χ1v) is 11.0. The van der Waals surface area contributed by atoms with E-state index in [9.17, 15) is 4.79 Å². The van der Waals surface area contributed by atoms with Crippen molar-refractivity contribution in [1.82, 2.24) is 0 Å². The first kappa shape index (κ1) is 17.7. The first-order valence-electron chi connectivity index (χ1n) is 11.0. The van der Waals surface area contributed by atoms with Crippen molar-refractivity contribution in [3.8, 4) is 11.8 Å². The molecule has 5 rings (SSSR count). The smallest absolute Gasteiger partial charge is 0.155 e. The van der Waals surface area contributed by atoms with Gasteiger partial charge in [0.2, 0.25) is 0 Å². The molecule has 1 spiro atoms. The molecule has 7 atom stereocenters. The Hall–Kier alpha value is -1.33. The third-order valence-corrected chi connectivity index (χ3v) is 9.08. The summed E-state index contributed by atoms with van der Waals surface area (Å²) in [6.45, 7) is 9.80. The fraction of sp³-hybridized carbons (Fsp3) is 0.720. The third-order valence-electron chi connectivity index (χ3n) is 9.08. The molecule has 1 aliphatic heterocycles. The predicted molar refractivity (Wildman–Crippen MR) is 107 cm³/mol. The molecule has 27 heavy (non-hydrogen) atoms. The van der Waals surface area contributed by atoms with Crippen LogP contribution in [0.2, 0.25) is 0 Å². The molecule has 1 heterocycles. The second-order valence-corrected chi connectivity index (χ2v) is 9.91. The second kappa shape index (κ2) is 6.08. The molecule has 3 saturated carbocycles. The Balaban J connectivity index is 1.57. The van der Waals surface area contributed by atoms with Crippen LogP contribution in [0.15, 0.2) is 23.8 Å².